The highest BCUT2D eigenvalue weighted by molar-refractivity contribution is 7.99. The van der Waals surface area contributed by atoms with Crippen molar-refractivity contribution in [3.05, 3.63) is 41.6 Å². The molecule has 2 aromatic rings. The Hall–Kier alpha value is -2.32. The summed E-state index contributed by atoms with van der Waals surface area (Å²) in [5.74, 6) is 1.06. The van der Waals surface area contributed by atoms with Crippen LogP contribution in [-0.2, 0) is 0 Å². The number of hydrogen-bond donors (Lipinski definition) is 3. The predicted molar refractivity (Wildman–Crippen MR) is 121 cm³/mol. The van der Waals surface area contributed by atoms with E-state index in [2.05, 4.69) is 17.3 Å². The van der Waals surface area contributed by atoms with Crippen LogP contribution in [0.1, 0.15) is 66.2 Å². The quantitative estimate of drug-likeness (QED) is 0.550. The van der Waals surface area contributed by atoms with Crippen LogP contribution < -0.4 is 5.32 Å². The third-order valence-corrected chi connectivity index (χ3v) is 8.59. The minimum atomic E-state index is -0.974. The Balaban J connectivity index is 1.39. The number of carboxylic acids is 1. The van der Waals surface area contributed by atoms with Crippen LogP contribution in [0.5, 0.6) is 0 Å². The summed E-state index contributed by atoms with van der Waals surface area (Å²) in [6, 6.07) is 6.64. The van der Waals surface area contributed by atoms with Gasteiger partial charge >= 0.3 is 5.97 Å². The molecule has 4 aliphatic carbocycles. The van der Waals surface area contributed by atoms with Gasteiger partial charge in [0.15, 0.2) is 0 Å². The number of thioether (sulfide) groups is 1. The lowest BCUT2D eigenvalue weighted by Crippen LogP contribution is -2.61. The second-order valence-electron chi connectivity index (χ2n) is 9.67. The topological polar surface area (TPSA) is 104 Å². The standard InChI is InChI=1S/C24H29N3O4S/c1-2-7-32-22-19(13-25-27(22)18-5-3-15(4-6-18)23(29)30)21(28)26-20-16-8-14-9-17(20)12-24(31,10-14)11-16/h3-6,13-14,16-17,20,31H,2,7-12H2,1H3,(H,26,28)(H,29,30)/t14?,16-,17+,20?,24?. The van der Waals surface area contributed by atoms with Crippen molar-refractivity contribution >= 4 is 23.6 Å². The summed E-state index contributed by atoms with van der Waals surface area (Å²) in [4.78, 5) is 24.5. The van der Waals surface area contributed by atoms with Crippen LogP contribution >= 0.6 is 11.8 Å². The summed E-state index contributed by atoms with van der Waals surface area (Å²) < 4.78 is 1.72. The van der Waals surface area contributed by atoms with Gasteiger partial charge in [-0.2, -0.15) is 5.10 Å². The van der Waals surface area contributed by atoms with Gasteiger partial charge in [-0.25, -0.2) is 9.48 Å². The summed E-state index contributed by atoms with van der Waals surface area (Å²) in [5.41, 5.74) is 0.973. The van der Waals surface area contributed by atoms with E-state index >= 15 is 0 Å². The van der Waals surface area contributed by atoms with Gasteiger partial charge in [-0.1, -0.05) is 6.92 Å². The van der Waals surface area contributed by atoms with Crippen LogP contribution in [0.3, 0.4) is 0 Å². The summed E-state index contributed by atoms with van der Waals surface area (Å²) in [5, 5.41) is 28.5. The molecule has 4 saturated carbocycles. The molecule has 5 atom stereocenters. The Morgan fingerprint density at radius 2 is 1.88 bits per heavy atom. The molecule has 4 fully saturated rings. The molecule has 1 heterocycles. The van der Waals surface area contributed by atoms with Gasteiger partial charge in [0.25, 0.3) is 5.91 Å². The fourth-order valence-electron chi connectivity index (χ4n) is 6.21. The lowest BCUT2D eigenvalue weighted by molar-refractivity contribution is -0.136. The first-order valence-corrected chi connectivity index (χ1v) is 12.4. The number of carbonyl (C=O) groups is 2. The second-order valence-corrected chi connectivity index (χ2v) is 10.8. The third kappa shape index (κ3) is 3.83. The molecular formula is C24H29N3O4S. The number of aliphatic hydroxyl groups is 1. The lowest BCUT2D eigenvalue weighted by Gasteiger charge is -2.58. The molecule has 4 bridgehead atoms. The van der Waals surface area contributed by atoms with Crippen LogP contribution in [-0.4, -0.2) is 49.3 Å². The van der Waals surface area contributed by atoms with Gasteiger partial charge in [-0.15, -0.1) is 11.8 Å². The van der Waals surface area contributed by atoms with Crippen molar-refractivity contribution in [1.29, 1.82) is 0 Å². The van der Waals surface area contributed by atoms with E-state index in [4.69, 9.17) is 5.11 Å². The molecule has 3 unspecified atom stereocenters. The van der Waals surface area contributed by atoms with E-state index in [1.54, 1.807) is 46.9 Å². The minimum Gasteiger partial charge on any atom is -0.478 e. The van der Waals surface area contributed by atoms with Gasteiger partial charge in [0, 0.05) is 6.04 Å². The van der Waals surface area contributed by atoms with Crippen molar-refractivity contribution in [3.8, 4) is 5.69 Å². The first-order chi connectivity index (χ1) is 15.4. The number of benzene rings is 1. The Morgan fingerprint density at radius 3 is 2.47 bits per heavy atom. The van der Waals surface area contributed by atoms with E-state index in [1.165, 1.54) is 0 Å². The molecule has 0 aliphatic heterocycles. The SMILES string of the molecule is CCCSc1c(C(=O)NC2[C@@H]3CC4C[C@H]2CC(O)(C4)C3)cnn1-c1ccc(C(=O)O)cc1. The van der Waals surface area contributed by atoms with Gasteiger partial charge in [0.2, 0.25) is 0 Å². The fraction of sp³-hybridized carbons (Fsp3) is 0.542. The maximum Gasteiger partial charge on any atom is 0.335 e. The van der Waals surface area contributed by atoms with Crippen molar-refractivity contribution < 1.29 is 19.8 Å². The van der Waals surface area contributed by atoms with Crippen LogP contribution in [0, 0.1) is 17.8 Å². The number of aromatic carboxylic acids is 1. The van der Waals surface area contributed by atoms with Gasteiger partial charge in [0.05, 0.1) is 28.6 Å². The number of aromatic nitrogens is 2. The minimum absolute atomic E-state index is 0.110. The maximum absolute atomic E-state index is 13.4. The Morgan fingerprint density at radius 1 is 1.19 bits per heavy atom. The highest BCUT2D eigenvalue weighted by atomic mass is 32.2. The fourth-order valence-corrected chi connectivity index (χ4v) is 7.18. The van der Waals surface area contributed by atoms with E-state index in [0.717, 1.165) is 55.0 Å². The molecule has 3 N–H and O–H groups in total. The van der Waals surface area contributed by atoms with E-state index < -0.39 is 11.6 Å². The smallest absolute Gasteiger partial charge is 0.335 e. The number of amides is 1. The van der Waals surface area contributed by atoms with Crippen LogP contribution in [0.4, 0.5) is 0 Å². The molecular weight excluding hydrogens is 426 g/mol. The highest BCUT2D eigenvalue weighted by Gasteiger charge is 2.55. The summed E-state index contributed by atoms with van der Waals surface area (Å²) in [7, 11) is 0. The Kier molecular flexibility index (Phi) is 5.53. The number of rotatable bonds is 7. The van der Waals surface area contributed by atoms with Gasteiger partial charge in [-0.3, -0.25) is 4.79 Å². The number of carboxylic acid groups (broad SMARTS) is 1. The molecule has 1 aromatic heterocycles. The van der Waals surface area contributed by atoms with Crippen LogP contribution in [0.25, 0.3) is 5.69 Å². The molecule has 1 amide bonds. The zero-order valence-electron chi connectivity index (χ0n) is 18.2. The van der Waals surface area contributed by atoms with Crippen molar-refractivity contribution in [2.45, 2.75) is 62.1 Å². The molecule has 8 heteroatoms. The van der Waals surface area contributed by atoms with Crippen molar-refractivity contribution in [1.82, 2.24) is 15.1 Å². The number of nitrogens with one attached hydrogen (secondary N) is 1. The van der Waals surface area contributed by atoms with E-state index in [0.29, 0.717) is 23.3 Å². The van der Waals surface area contributed by atoms with Gasteiger partial charge in [-0.05, 0) is 86.3 Å². The molecule has 170 valence electrons. The molecule has 4 aliphatic rings. The first kappa shape index (κ1) is 21.5. The zero-order valence-corrected chi connectivity index (χ0v) is 19.0. The molecule has 32 heavy (non-hydrogen) atoms. The summed E-state index contributed by atoms with van der Waals surface area (Å²) >= 11 is 1.59. The largest absolute Gasteiger partial charge is 0.478 e. The lowest BCUT2D eigenvalue weighted by atomic mass is 9.52. The molecule has 6 rings (SSSR count). The van der Waals surface area contributed by atoms with Crippen molar-refractivity contribution in [3.63, 3.8) is 0 Å². The third-order valence-electron chi connectivity index (χ3n) is 7.31. The zero-order chi connectivity index (χ0) is 22.5. The van der Waals surface area contributed by atoms with Gasteiger partial charge < -0.3 is 15.5 Å². The van der Waals surface area contributed by atoms with Gasteiger partial charge in [0.1, 0.15) is 5.03 Å². The monoisotopic (exact) mass is 455 g/mol. The van der Waals surface area contributed by atoms with Crippen LogP contribution in [0.2, 0.25) is 0 Å². The highest BCUT2D eigenvalue weighted by Crippen LogP contribution is 2.55. The van der Waals surface area contributed by atoms with E-state index in [-0.39, 0.29) is 17.5 Å². The number of nitrogens with zero attached hydrogens (tertiary/aromatic N) is 2. The van der Waals surface area contributed by atoms with E-state index in [1.807, 2.05) is 0 Å². The Bertz CT molecular complexity index is 1020. The normalized spacial score (nSPS) is 30.4. The average Bonchev–Trinajstić information content (AvgIpc) is 3.17. The number of carbonyl (C=O) groups excluding carboxylic acids is 1. The molecule has 1 aromatic carbocycles. The predicted octanol–water partition coefficient (Wildman–Crippen LogP) is 3.74. The number of hydrogen-bond acceptors (Lipinski definition) is 5. The summed E-state index contributed by atoms with van der Waals surface area (Å²) in [6.07, 6.45) is 7.26. The second kappa shape index (κ2) is 8.23. The van der Waals surface area contributed by atoms with Crippen molar-refractivity contribution in [2.75, 3.05) is 5.75 Å². The Labute approximate surface area is 191 Å². The molecule has 0 spiro atoms. The molecule has 7 nitrogen and oxygen atoms in total. The summed E-state index contributed by atoms with van der Waals surface area (Å²) in [6.45, 7) is 2.09. The molecule has 0 saturated heterocycles. The van der Waals surface area contributed by atoms with Crippen molar-refractivity contribution in [2.24, 2.45) is 17.8 Å². The first-order valence-electron chi connectivity index (χ1n) is 11.4. The van der Waals surface area contributed by atoms with E-state index in [9.17, 15) is 14.7 Å². The molecule has 0 radical (unpaired) electrons. The average molecular weight is 456 g/mol. The maximum atomic E-state index is 13.4. The van der Waals surface area contributed by atoms with Crippen LogP contribution in [0.15, 0.2) is 35.5 Å².